The standard InChI is InChI=1S/C69H83BrO3/c1-43-37-46(4)60(68(72-19,53-29-21-49(22-30-53)63(7,8)9)54-31-23-50(24-32-54)64(10,11)12)40-57(43)67(71,59-42-62(70)48(6)39-45(59)3)58-41-61(47(5)38-44(58)2)69(73-20,55-33-25-51(26-34-55)65(13,14)15)56-35-27-52(28-36-56)66(16,17)18/h21-42,71H,1-20H3. The van der Waals surface area contributed by atoms with Gasteiger partial charge in [0.05, 0.1) is 0 Å². The van der Waals surface area contributed by atoms with E-state index in [0.717, 1.165) is 87.9 Å². The number of aliphatic hydroxyl groups is 1. The summed E-state index contributed by atoms with van der Waals surface area (Å²) in [5.41, 5.74) is 15.4. The van der Waals surface area contributed by atoms with Crippen molar-refractivity contribution in [2.45, 2.75) is 163 Å². The minimum atomic E-state index is -1.68. The van der Waals surface area contributed by atoms with E-state index >= 15 is 0 Å². The highest BCUT2D eigenvalue weighted by Crippen LogP contribution is 2.51. The number of methoxy groups -OCH3 is 2. The van der Waals surface area contributed by atoms with Gasteiger partial charge in [0.1, 0.15) is 16.8 Å². The summed E-state index contributed by atoms with van der Waals surface area (Å²) in [5.74, 6) is 0. The zero-order valence-electron chi connectivity index (χ0n) is 47.8. The van der Waals surface area contributed by atoms with E-state index in [4.69, 9.17) is 9.47 Å². The fraction of sp³-hybridized carbons (Fsp3) is 0.391. The number of halogens is 1. The summed E-state index contributed by atoms with van der Waals surface area (Å²) in [7, 11) is 3.65. The molecule has 384 valence electrons. The third-order valence-electron chi connectivity index (χ3n) is 15.8. The van der Waals surface area contributed by atoms with E-state index in [0.29, 0.717) is 0 Å². The van der Waals surface area contributed by atoms with Crippen LogP contribution in [0.3, 0.4) is 0 Å². The molecule has 0 atom stereocenters. The molecule has 1 N–H and O–H groups in total. The van der Waals surface area contributed by atoms with Crippen LogP contribution in [-0.2, 0) is 47.9 Å². The second kappa shape index (κ2) is 19.9. The Balaban J connectivity index is 1.61. The summed E-state index contributed by atoms with van der Waals surface area (Å²) in [6, 6.07) is 49.1. The SMILES string of the molecule is COC(c1ccc(C(C)(C)C)cc1)(c1ccc(C(C)(C)C)cc1)c1cc(C(O)(c2cc(Br)c(C)cc2C)c2cc(C(OC)(c3ccc(C(C)(C)C)cc3)c3ccc(C(C)(C)C)cc3)c(C)cc2C)c(C)cc1C. The van der Waals surface area contributed by atoms with Gasteiger partial charge in [-0.15, -0.1) is 0 Å². The third kappa shape index (κ3) is 10.1. The fourth-order valence-corrected chi connectivity index (χ4v) is 11.7. The molecule has 0 fully saturated rings. The Labute approximate surface area is 449 Å². The number of rotatable bonds is 11. The number of hydrogen-bond donors (Lipinski definition) is 1. The fourth-order valence-electron chi connectivity index (χ4n) is 11.4. The summed E-state index contributed by atoms with van der Waals surface area (Å²) in [5, 5.41) is 14.8. The Morgan fingerprint density at radius 2 is 0.507 bits per heavy atom. The molecule has 0 aliphatic rings. The van der Waals surface area contributed by atoms with Gasteiger partial charge < -0.3 is 14.6 Å². The lowest BCUT2D eigenvalue weighted by atomic mass is 9.69. The van der Waals surface area contributed by atoms with Gasteiger partial charge in [0.2, 0.25) is 0 Å². The predicted octanol–water partition coefficient (Wildman–Crippen LogP) is 17.7. The number of aryl methyl sites for hydroxylation is 6. The van der Waals surface area contributed by atoms with E-state index in [1.54, 1.807) is 0 Å². The van der Waals surface area contributed by atoms with Gasteiger partial charge in [0.15, 0.2) is 0 Å². The molecule has 3 nitrogen and oxygen atoms in total. The molecule has 0 saturated carbocycles. The van der Waals surface area contributed by atoms with E-state index in [-0.39, 0.29) is 21.7 Å². The monoisotopic (exact) mass is 1040 g/mol. The van der Waals surface area contributed by atoms with Crippen molar-refractivity contribution in [3.8, 4) is 0 Å². The van der Waals surface area contributed by atoms with Gasteiger partial charge in [-0.1, -0.05) is 214 Å². The molecule has 73 heavy (non-hydrogen) atoms. The summed E-state index contributed by atoms with van der Waals surface area (Å²) in [4.78, 5) is 0. The Bertz CT molecular complexity index is 2810. The zero-order chi connectivity index (χ0) is 54.0. The molecule has 7 aromatic carbocycles. The van der Waals surface area contributed by atoms with Crippen molar-refractivity contribution in [1.29, 1.82) is 0 Å². The zero-order valence-corrected chi connectivity index (χ0v) is 49.4. The van der Waals surface area contributed by atoms with Crippen LogP contribution in [0.2, 0.25) is 0 Å². The maximum absolute atomic E-state index is 14.8. The van der Waals surface area contributed by atoms with Gasteiger partial charge in [-0.2, -0.15) is 0 Å². The molecule has 0 amide bonds. The van der Waals surface area contributed by atoms with E-state index < -0.39 is 16.8 Å². The number of benzene rings is 7. The minimum Gasteiger partial charge on any atom is -0.376 e. The van der Waals surface area contributed by atoms with Crippen LogP contribution >= 0.6 is 15.9 Å². The van der Waals surface area contributed by atoms with Crippen LogP contribution in [0.25, 0.3) is 0 Å². The highest BCUT2D eigenvalue weighted by molar-refractivity contribution is 9.10. The second-order valence-corrected chi connectivity index (χ2v) is 26.0. The largest absolute Gasteiger partial charge is 0.376 e. The van der Waals surface area contributed by atoms with Crippen molar-refractivity contribution < 1.29 is 14.6 Å². The van der Waals surface area contributed by atoms with Gasteiger partial charge in [0, 0.05) is 18.7 Å². The lowest BCUT2D eigenvalue weighted by molar-refractivity contribution is 0.0567. The van der Waals surface area contributed by atoms with E-state index in [9.17, 15) is 5.11 Å². The Hall–Kier alpha value is -5.10. The lowest BCUT2D eigenvalue weighted by Gasteiger charge is -2.41. The van der Waals surface area contributed by atoms with Crippen molar-refractivity contribution in [1.82, 2.24) is 0 Å². The first-order valence-electron chi connectivity index (χ1n) is 26.1. The topological polar surface area (TPSA) is 38.7 Å². The average molecular weight is 1040 g/mol. The van der Waals surface area contributed by atoms with Crippen LogP contribution in [-0.4, -0.2) is 19.3 Å². The first-order valence-corrected chi connectivity index (χ1v) is 26.9. The van der Waals surface area contributed by atoms with Crippen molar-refractivity contribution in [3.63, 3.8) is 0 Å². The molecule has 0 unspecified atom stereocenters. The molecule has 7 rings (SSSR count). The summed E-state index contributed by atoms with van der Waals surface area (Å²) in [6.07, 6.45) is 0. The van der Waals surface area contributed by atoms with Crippen LogP contribution in [0.1, 0.15) is 189 Å². The average Bonchev–Trinajstić information content (AvgIpc) is 3.31. The van der Waals surface area contributed by atoms with E-state index in [2.05, 4.69) is 274 Å². The molecular weight excluding hydrogens is 957 g/mol. The molecule has 0 aliphatic heterocycles. The van der Waals surface area contributed by atoms with Crippen molar-refractivity contribution in [2.24, 2.45) is 0 Å². The van der Waals surface area contributed by atoms with Crippen LogP contribution < -0.4 is 0 Å². The van der Waals surface area contributed by atoms with Crippen LogP contribution in [0.5, 0.6) is 0 Å². The second-order valence-electron chi connectivity index (χ2n) is 25.2. The Morgan fingerprint density at radius 3 is 0.740 bits per heavy atom. The molecule has 0 bridgehead atoms. The number of ether oxygens (including phenoxy) is 2. The maximum atomic E-state index is 14.8. The first-order chi connectivity index (χ1) is 33.8. The van der Waals surface area contributed by atoms with Crippen molar-refractivity contribution >= 4 is 15.9 Å². The molecule has 0 heterocycles. The molecule has 0 aromatic heterocycles. The van der Waals surface area contributed by atoms with Crippen molar-refractivity contribution in [3.05, 3.63) is 244 Å². The normalized spacial score (nSPS) is 13.2. The predicted molar refractivity (Wildman–Crippen MR) is 312 cm³/mol. The molecular formula is C69H83BrO3. The van der Waals surface area contributed by atoms with Gasteiger partial charge >= 0.3 is 0 Å². The lowest BCUT2D eigenvalue weighted by Crippen LogP contribution is -2.37. The molecule has 0 radical (unpaired) electrons. The maximum Gasteiger partial charge on any atom is 0.143 e. The van der Waals surface area contributed by atoms with Gasteiger partial charge in [0.25, 0.3) is 0 Å². The molecule has 4 heteroatoms. The molecule has 7 aromatic rings. The summed E-state index contributed by atoms with van der Waals surface area (Å²) in [6.45, 7) is 39.9. The molecule has 0 spiro atoms. The Morgan fingerprint density at radius 1 is 0.301 bits per heavy atom. The minimum absolute atomic E-state index is 0.0386. The molecule has 0 saturated heterocycles. The van der Waals surface area contributed by atoms with Gasteiger partial charge in [-0.05, 0) is 187 Å². The quantitative estimate of drug-likeness (QED) is 0.131. The van der Waals surface area contributed by atoms with Gasteiger partial charge in [-0.3, -0.25) is 0 Å². The van der Waals surface area contributed by atoms with Crippen LogP contribution in [0, 0.1) is 41.5 Å². The van der Waals surface area contributed by atoms with E-state index in [1.165, 1.54) is 22.3 Å². The molecule has 0 aliphatic carbocycles. The third-order valence-corrected chi connectivity index (χ3v) is 16.7. The van der Waals surface area contributed by atoms with Crippen molar-refractivity contribution in [2.75, 3.05) is 14.2 Å². The first kappa shape index (κ1) is 55.6. The highest BCUT2D eigenvalue weighted by atomic mass is 79.9. The van der Waals surface area contributed by atoms with Gasteiger partial charge in [-0.25, -0.2) is 0 Å². The number of hydrogen-bond acceptors (Lipinski definition) is 3. The smallest absolute Gasteiger partial charge is 0.143 e. The highest BCUT2D eigenvalue weighted by Gasteiger charge is 2.46. The summed E-state index contributed by atoms with van der Waals surface area (Å²) >= 11 is 3.94. The van der Waals surface area contributed by atoms with Crippen LogP contribution in [0.4, 0.5) is 0 Å². The summed E-state index contributed by atoms with van der Waals surface area (Å²) < 4.78 is 15.1. The van der Waals surface area contributed by atoms with Crippen LogP contribution in [0.15, 0.2) is 138 Å². The Kier molecular flexibility index (Phi) is 15.2. The van der Waals surface area contributed by atoms with E-state index in [1.807, 2.05) is 14.2 Å².